The van der Waals surface area contributed by atoms with Crippen LogP contribution < -0.4 is 5.73 Å². The van der Waals surface area contributed by atoms with Gasteiger partial charge >= 0.3 is 0 Å². The Bertz CT molecular complexity index is 380. The Morgan fingerprint density at radius 3 is 2.94 bits per heavy atom. The van der Waals surface area contributed by atoms with Crippen molar-refractivity contribution in [3.63, 3.8) is 0 Å². The van der Waals surface area contributed by atoms with Crippen LogP contribution in [0.5, 0.6) is 0 Å². The molecule has 2 rings (SSSR count). The van der Waals surface area contributed by atoms with Gasteiger partial charge in [0.15, 0.2) is 5.82 Å². The Hall–Kier alpha value is -0.980. The molecule has 18 heavy (non-hydrogen) atoms. The summed E-state index contributed by atoms with van der Waals surface area (Å²) >= 11 is 0. The lowest BCUT2D eigenvalue weighted by Crippen LogP contribution is -2.45. The largest absolute Gasteiger partial charge is 0.338 e. The van der Waals surface area contributed by atoms with Crippen molar-refractivity contribution in [2.24, 2.45) is 5.73 Å². The molecule has 1 aliphatic rings. The minimum atomic E-state index is -0.136. The van der Waals surface area contributed by atoms with E-state index in [0.717, 1.165) is 38.3 Å². The fourth-order valence-electron chi connectivity index (χ4n) is 2.26. The van der Waals surface area contributed by atoms with Crippen LogP contribution in [0.15, 0.2) is 4.52 Å². The minimum absolute atomic E-state index is 0.136. The van der Waals surface area contributed by atoms with E-state index in [2.05, 4.69) is 41.0 Å². The Labute approximate surface area is 108 Å². The number of nitrogens with zero attached hydrogens (tertiary/aromatic N) is 4. The molecule has 102 valence electrons. The smallest absolute Gasteiger partial charge is 0.243 e. The fourth-order valence-corrected chi connectivity index (χ4v) is 2.26. The van der Waals surface area contributed by atoms with Gasteiger partial charge in [-0.1, -0.05) is 18.5 Å². The molecule has 1 fully saturated rings. The van der Waals surface area contributed by atoms with E-state index in [1.54, 1.807) is 0 Å². The maximum Gasteiger partial charge on any atom is 0.243 e. The zero-order valence-electron chi connectivity index (χ0n) is 11.5. The van der Waals surface area contributed by atoms with Crippen LogP contribution in [0.2, 0.25) is 0 Å². The Morgan fingerprint density at radius 1 is 1.44 bits per heavy atom. The van der Waals surface area contributed by atoms with Crippen LogP contribution in [-0.4, -0.2) is 53.7 Å². The molecule has 0 radical (unpaired) electrons. The number of nitrogens with two attached hydrogens (primary N) is 1. The number of rotatable bonds is 4. The average molecular weight is 253 g/mol. The molecular weight excluding hydrogens is 230 g/mol. The van der Waals surface area contributed by atoms with Crippen molar-refractivity contribution in [1.29, 1.82) is 0 Å². The fraction of sp³-hybridized carbons (Fsp3) is 0.833. The summed E-state index contributed by atoms with van der Waals surface area (Å²) in [6.07, 6.45) is 1.90. The van der Waals surface area contributed by atoms with E-state index < -0.39 is 0 Å². The maximum atomic E-state index is 5.99. The number of aromatic nitrogens is 2. The van der Waals surface area contributed by atoms with Gasteiger partial charge in [0.25, 0.3) is 0 Å². The SMILES string of the molecule is CCC[C@@H](N)c1nc(C2CN(C)CCN2C)no1. The molecule has 0 aliphatic carbocycles. The van der Waals surface area contributed by atoms with Gasteiger partial charge in [-0.05, 0) is 20.5 Å². The predicted molar refractivity (Wildman–Crippen MR) is 69.0 cm³/mol. The Balaban J connectivity index is 2.08. The molecule has 0 bridgehead atoms. The van der Waals surface area contributed by atoms with Gasteiger partial charge in [0.05, 0.1) is 12.1 Å². The highest BCUT2D eigenvalue weighted by atomic mass is 16.5. The monoisotopic (exact) mass is 253 g/mol. The molecule has 0 saturated carbocycles. The van der Waals surface area contributed by atoms with Gasteiger partial charge < -0.3 is 15.2 Å². The summed E-state index contributed by atoms with van der Waals surface area (Å²) in [5.41, 5.74) is 5.99. The first kappa shape index (κ1) is 13.5. The van der Waals surface area contributed by atoms with Crippen LogP contribution in [-0.2, 0) is 0 Å². The van der Waals surface area contributed by atoms with Crippen LogP contribution in [0.25, 0.3) is 0 Å². The van der Waals surface area contributed by atoms with Crippen molar-refractivity contribution in [1.82, 2.24) is 19.9 Å². The van der Waals surface area contributed by atoms with Gasteiger partial charge in [-0.2, -0.15) is 4.98 Å². The van der Waals surface area contributed by atoms with Crippen molar-refractivity contribution >= 4 is 0 Å². The molecule has 1 aromatic rings. The van der Waals surface area contributed by atoms with Gasteiger partial charge in [-0.25, -0.2) is 0 Å². The maximum absolute atomic E-state index is 5.99. The molecule has 0 amide bonds. The minimum Gasteiger partial charge on any atom is -0.338 e. The second-order valence-electron chi connectivity index (χ2n) is 5.14. The lowest BCUT2D eigenvalue weighted by molar-refractivity contribution is 0.108. The third-order valence-electron chi connectivity index (χ3n) is 3.52. The third-order valence-corrected chi connectivity index (χ3v) is 3.52. The van der Waals surface area contributed by atoms with Gasteiger partial charge in [0.2, 0.25) is 5.89 Å². The molecule has 1 saturated heterocycles. The zero-order valence-corrected chi connectivity index (χ0v) is 11.5. The first-order valence-corrected chi connectivity index (χ1v) is 6.59. The van der Waals surface area contributed by atoms with Gasteiger partial charge in [-0.15, -0.1) is 0 Å². The van der Waals surface area contributed by atoms with Gasteiger partial charge in [0, 0.05) is 19.6 Å². The van der Waals surface area contributed by atoms with Crippen molar-refractivity contribution < 1.29 is 4.52 Å². The highest BCUT2D eigenvalue weighted by molar-refractivity contribution is 5.00. The molecule has 1 aliphatic heterocycles. The van der Waals surface area contributed by atoms with E-state index in [4.69, 9.17) is 10.3 Å². The molecule has 2 atom stereocenters. The van der Waals surface area contributed by atoms with Crippen molar-refractivity contribution in [2.75, 3.05) is 33.7 Å². The van der Waals surface area contributed by atoms with E-state index in [1.807, 2.05) is 0 Å². The molecular formula is C12H23N5O. The Morgan fingerprint density at radius 2 is 2.22 bits per heavy atom. The summed E-state index contributed by atoms with van der Waals surface area (Å²) in [6, 6.07) is 0.0675. The van der Waals surface area contributed by atoms with Crippen LogP contribution in [0.1, 0.15) is 43.6 Å². The first-order chi connectivity index (χ1) is 8.61. The molecule has 1 aromatic heterocycles. The molecule has 1 unspecified atom stereocenters. The van der Waals surface area contributed by atoms with Crippen molar-refractivity contribution in [3.8, 4) is 0 Å². The van der Waals surface area contributed by atoms with Crippen LogP contribution >= 0.6 is 0 Å². The van der Waals surface area contributed by atoms with Crippen LogP contribution in [0.3, 0.4) is 0 Å². The van der Waals surface area contributed by atoms with Crippen molar-refractivity contribution in [2.45, 2.75) is 31.8 Å². The third kappa shape index (κ3) is 2.88. The highest BCUT2D eigenvalue weighted by Crippen LogP contribution is 2.22. The molecule has 6 heteroatoms. The van der Waals surface area contributed by atoms with E-state index in [1.165, 1.54) is 0 Å². The van der Waals surface area contributed by atoms with E-state index in [-0.39, 0.29) is 12.1 Å². The van der Waals surface area contributed by atoms with Crippen LogP contribution in [0, 0.1) is 0 Å². The van der Waals surface area contributed by atoms with E-state index >= 15 is 0 Å². The summed E-state index contributed by atoms with van der Waals surface area (Å²) in [4.78, 5) is 9.01. The molecule has 0 aromatic carbocycles. The Kier molecular flexibility index (Phi) is 4.31. The number of hydrogen-bond acceptors (Lipinski definition) is 6. The quantitative estimate of drug-likeness (QED) is 0.855. The number of piperazine rings is 1. The highest BCUT2D eigenvalue weighted by Gasteiger charge is 2.28. The molecule has 2 heterocycles. The summed E-state index contributed by atoms with van der Waals surface area (Å²) in [7, 11) is 4.21. The van der Waals surface area contributed by atoms with Gasteiger partial charge in [0.1, 0.15) is 0 Å². The molecule has 2 N–H and O–H groups in total. The van der Waals surface area contributed by atoms with Crippen molar-refractivity contribution in [3.05, 3.63) is 11.7 Å². The normalized spacial score (nSPS) is 24.3. The average Bonchev–Trinajstić information content (AvgIpc) is 2.82. The second kappa shape index (κ2) is 5.77. The summed E-state index contributed by atoms with van der Waals surface area (Å²) in [5.74, 6) is 1.32. The standard InChI is InChI=1S/C12H23N5O/c1-4-5-9(13)12-14-11(15-18-12)10-8-16(2)6-7-17(10)3/h9-10H,4-8,13H2,1-3H3/t9-,10?/m1/s1. The zero-order chi connectivity index (χ0) is 13.1. The predicted octanol–water partition coefficient (Wildman–Crippen LogP) is 0.788. The summed E-state index contributed by atoms with van der Waals surface area (Å²) < 4.78 is 5.28. The topological polar surface area (TPSA) is 71.4 Å². The van der Waals surface area contributed by atoms with Crippen LogP contribution in [0.4, 0.5) is 0 Å². The number of hydrogen-bond donors (Lipinski definition) is 1. The first-order valence-electron chi connectivity index (χ1n) is 6.59. The van der Waals surface area contributed by atoms with E-state index in [0.29, 0.717) is 5.89 Å². The lowest BCUT2D eigenvalue weighted by Gasteiger charge is -2.35. The lowest BCUT2D eigenvalue weighted by atomic mass is 10.1. The van der Waals surface area contributed by atoms with E-state index in [9.17, 15) is 0 Å². The summed E-state index contributed by atoms with van der Waals surface area (Å²) in [5, 5.41) is 4.09. The molecule has 0 spiro atoms. The number of likely N-dealkylation sites (N-methyl/N-ethyl adjacent to an activating group) is 2. The second-order valence-corrected chi connectivity index (χ2v) is 5.14. The van der Waals surface area contributed by atoms with Gasteiger partial charge in [-0.3, -0.25) is 4.90 Å². The summed E-state index contributed by atoms with van der Waals surface area (Å²) in [6.45, 7) is 5.12. The molecule has 6 nitrogen and oxygen atoms in total.